The number of rotatable bonds is 3. The minimum Gasteiger partial charge on any atom is -0.493 e. The van der Waals surface area contributed by atoms with Crippen molar-refractivity contribution in [3.63, 3.8) is 0 Å². The average Bonchev–Trinajstić information content (AvgIpc) is 2.12. The molecular formula is C14H23NO. The van der Waals surface area contributed by atoms with Crippen LogP contribution in [0.2, 0.25) is 0 Å². The van der Waals surface area contributed by atoms with Gasteiger partial charge in [-0.15, -0.1) is 0 Å². The van der Waals surface area contributed by atoms with Crippen LogP contribution in [-0.2, 0) is 5.41 Å². The highest BCUT2D eigenvalue weighted by atomic mass is 16.5. The first kappa shape index (κ1) is 12.9. The minimum absolute atomic E-state index is 0.0833. The zero-order chi connectivity index (χ0) is 12.3. The molecule has 0 aliphatic rings. The van der Waals surface area contributed by atoms with E-state index in [0.29, 0.717) is 5.92 Å². The largest absolute Gasteiger partial charge is 0.493 e. The van der Waals surface area contributed by atoms with Gasteiger partial charge in [-0.1, -0.05) is 40.7 Å². The Balaban J connectivity index is 2.99. The Labute approximate surface area is 98.8 Å². The second-order valence-corrected chi connectivity index (χ2v) is 5.71. The van der Waals surface area contributed by atoms with Crippen molar-refractivity contribution in [3.05, 3.63) is 23.8 Å². The van der Waals surface area contributed by atoms with Crippen molar-refractivity contribution in [2.45, 2.75) is 40.0 Å². The lowest BCUT2D eigenvalue weighted by molar-refractivity contribution is 0.265. The quantitative estimate of drug-likeness (QED) is 0.791. The molecule has 0 saturated heterocycles. The predicted molar refractivity (Wildman–Crippen MR) is 69.9 cm³/mol. The van der Waals surface area contributed by atoms with Gasteiger partial charge in [-0.2, -0.15) is 0 Å². The molecule has 0 aliphatic heterocycles. The molecule has 0 atom stereocenters. The molecule has 0 unspecified atom stereocenters. The Bertz CT molecular complexity index is 350. The van der Waals surface area contributed by atoms with Crippen LogP contribution in [0.4, 0.5) is 5.69 Å². The van der Waals surface area contributed by atoms with Crippen LogP contribution in [0.15, 0.2) is 18.2 Å². The zero-order valence-electron chi connectivity index (χ0n) is 11.0. The predicted octanol–water partition coefficient (Wildman–Crippen LogP) is 3.60. The Hall–Kier alpha value is -1.18. The van der Waals surface area contributed by atoms with Crippen LogP contribution in [0, 0.1) is 5.92 Å². The molecule has 0 saturated carbocycles. The summed E-state index contributed by atoms with van der Waals surface area (Å²) in [5, 5.41) is 0. The van der Waals surface area contributed by atoms with E-state index in [9.17, 15) is 0 Å². The molecule has 0 fully saturated rings. The first-order valence-corrected chi connectivity index (χ1v) is 5.83. The second kappa shape index (κ2) is 4.77. The van der Waals surface area contributed by atoms with Gasteiger partial charge < -0.3 is 10.5 Å². The van der Waals surface area contributed by atoms with Crippen molar-refractivity contribution in [3.8, 4) is 5.75 Å². The lowest BCUT2D eigenvalue weighted by Crippen LogP contribution is -2.15. The summed E-state index contributed by atoms with van der Waals surface area (Å²) in [4.78, 5) is 0. The number of anilines is 1. The van der Waals surface area contributed by atoms with Gasteiger partial charge in [-0.25, -0.2) is 0 Å². The topological polar surface area (TPSA) is 35.2 Å². The third-order valence-corrected chi connectivity index (χ3v) is 2.39. The zero-order valence-corrected chi connectivity index (χ0v) is 11.0. The fraction of sp³-hybridized carbons (Fsp3) is 0.571. The number of ether oxygens (including phenoxy) is 1. The van der Waals surface area contributed by atoms with Crippen LogP contribution in [0.5, 0.6) is 5.75 Å². The lowest BCUT2D eigenvalue weighted by atomic mass is 9.86. The van der Waals surface area contributed by atoms with Crippen molar-refractivity contribution in [1.29, 1.82) is 0 Å². The monoisotopic (exact) mass is 221 g/mol. The molecule has 1 aromatic rings. The van der Waals surface area contributed by atoms with Gasteiger partial charge in [0.05, 0.1) is 6.61 Å². The highest BCUT2D eigenvalue weighted by molar-refractivity contribution is 5.50. The summed E-state index contributed by atoms with van der Waals surface area (Å²) in [6.07, 6.45) is 0. The van der Waals surface area contributed by atoms with E-state index in [1.54, 1.807) is 0 Å². The molecule has 1 rings (SSSR count). The Morgan fingerprint density at radius 2 is 1.88 bits per heavy atom. The molecule has 2 N–H and O–H groups in total. The van der Waals surface area contributed by atoms with E-state index in [1.165, 1.54) is 5.56 Å². The molecule has 90 valence electrons. The van der Waals surface area contributed by atoms with E-state index in [2.05, 4.69) is 40.7 Å². The maximum absolute atomic E-state index is 5.83. The number of nitrogen functional groups attached to an aromatic ring is 1. The summed E-state index contributed by atoms with van der Waals surface area (Å²) in [5.74, 6) is 1.44. The summed E-state index contributed by atoms with van der Waals surface area (Å²) in [6.45, 7) is 11.6. The van der Waals surface area contributed by atoms with Crippen LogP contribution < -0.4 is 10.5 Å². The molecule has 0 radical (unpaired) electrons. The molecule has 0 heterocycles. The summed E-state index contributed by atoms with van der Waals surface area (Å²) in [6, 6.07) is 5.91. The smallest absolute Gasteiger partial charge is 0.125 e. The summed E-state index contributed by atoms with van der Waals surface area (Å²) in [5.41, 5.74) is 7.85. The Morgan fingerprint density at radius 1 is 1.25 bits per heavy atom. The van der Waals surface area contributed by atoms with E-state index in [-0.39, 0.29) is 5.41 Å². The van der Waals surface area contributed by atoms with E-state index in [4.69, 9.17) is 10.5 Å². The third-order valence-electron chi connectivity index (χ3n) is 2.39. The summed E-state index contributed by atoms with van der Waals surface area (Å²) in [7, 11) is 0. The van der Waals surface area contributed by atoms with Gasteiger partial charge in [0, 0.05) is 11.8 Å². The fourth-order valence-corrected chi connectivity index (χ4v) is 1.53. The molecule has 0 amide bonds. The van der Waals surface area contributed by atoms with Gasteiger partial charge in [-0.3, -0.25) is 0 Å². The van der Waals surface area contributed by atoms with Crippen molar-refractivity contribution in [1.82, 2.24) is 0 Å². The van der Waals surface area contributed by atoms with Crippen LogP contribution in [0.1, 0.15) is 40.2 Å². The number of hydrogen-bond acceptors (Lipinski definition) is 2. The van der Waals surface area contributed by atoms with Crippen LogP contribution in [-0.4, -0.2) is 6.61 Å². The van der Waals surface area contributed by atoms with Gasteiger partial charge in [0.1, 0.15) is 5.75 Å². The average molecular weight is 221 g/mol. The van der Waals surface area contributed by atoms with Crippen LogP contribution in [0.25, 0.3) is 0 Å². The molecule has 0 bridgehead atoms. The van der Waals surface area contributed by atoms with Crippen molar-refractivity contribution in [2.24, 2.45) is 5.92 Å². The van der Waals surface area contributed by atoms with Crippen LogP contribution in [0.3, 0.4) is 0 Å². The van der Waals surface area contributed by atoms with Gasteiger partial charge in [0.2, 0.25) is 0 Å². The fourth-order valence-electron chi connectivity index (χ4n) is 1.53. The summed E-state index contributed by atoms with van der Waals surface area (Å²) < 4.78 is 5.83. The van der Waals surface area contributed by atoms with Gasteiger partial charge in [-0.05, 0) is 23.0 Å². The maximum Gasteiger partial charge on any atom is 0.125 e. The molecule has 1 aromatic carbocycles. The van der Waals surface area contributed by atoms with Gasteiger partial charge >= 0.3 is 0 Å². The first-order chi connectivity index (χ1) is 7.30. The SMILES string of the molecule is CC(C)COc1cc(N)ccc1C(C)(C)C. The van der Waals surface area contributed by atoms with Gasteiger partial charge in [0.15, 0.2) is 0 Å². The van der Waals surface area contributed by atoms with Crippen molar-refractivity contribution in [2.75, 3.05) is 12.3 Å². The van der Waals surface area contributed by atoms with E-state index >= 15 is 0 Å². The highest BCUT2D eigenvalue weighted by Gasteiger charge is 2.19. The standard InChI is InChI=1S/C14H23NO/c1-10(2)9-16-13-8-11(15)6-7-12(13)14(3,4)5/h6-8,10H,9,15H2,1-5H3. The molecule has 2 nitrogen and oxygen atoms in total. The lowest BCUT2D eigenvalue weighted by Gasteiger charge is -2.23. The number of benzene rings is 1. The molecule has 0 aromatic heterocycles. The number of hydrogen-bond donors (Lipinski definition) is 1. The molecule has 16 heavy (non-hydrogen) atoms. The molecule has 2 heteroatoms. The highest BCUT2D eigenvalue weighted by Crippen LogP contribution is 2.32. The number of nitrogens with two attached hydrogens (primary N) is 1. The van der Waals surface area contributed by atoms with E-state index in [1.807, 2.05) is 12.1 Å². The first-order valence-electron chi connectivity index (χ1n) is 5.83. The van der Waals surface area contributed by atoms with Crippen LogP contribution >= 0.6 is 0 Å². The minimum atomic E-state index is 0.0833. The maximum atomic E-state index is 5.83. The molecular weight excluding hydrogens is 198 g/mol. The molecule has 0 spiro atoms. The Kier molecular flexibility index (Phi) is 3.84. The van der Waals surface area contributed by atoms with Crippen molar-refractivity contribution >= 4 is 5.69 Å². The van der Waals surface area contributed by atoms with Crippen molar-refractivity contribution < 1.29 is 4.74 Å². The summed E-state index contributed by atoms with van der Waals surface area (Å²) >= 11 is 0. The second-order valence-electron chi connectivity index (χ2n) is 5.71. The Morgan fingerprint density at radius 3 is 2.38 bits per heavy atom. The molecule has 0 aliphatic carbocycles. The normalized spacial score (nSPS) is 11.9. The third kappa shape index (κ3) is 3.44. The van der Waals surface area contributed by atoms with E-state index in [0.717, 1.165) is 18.0 Å². The van der Waals surface area contributed by atoms with E-state index < -0.39 is 0 Å². The van der Waals surface area contributed by atoms with Gasteiger partial charge in [0.25, 0.3) is 0 Å².